The van der Waals surface area contributed by atoms with E-state index in [2.05, 4.69) is 89.2 Å². The van der Waals surface area contributed by atoms with Gasteiger partial charge in [-0.2, -0.15) is 0 Å². The number of esters is 2. The van der Waals surface area contributed by atoms with Crippen molar-refractivity contribution in [2.75, 3.05) is 21.3 Å². The van der Waals surface area contributed by atoms with Crippen LogP contribution in [0, 0.1) is 0 Å². The lowest BCUT2D eigenvalue weighted by Crippen LogP contribution is -2.00. The highest BCUT2D eigenvalue weighted by Gasteiger charge is 2.41. The fourth-order valence-corrected chi connectivity index (χ4v) is 6.16. The Bertz CT molecular complexity index is 1700. The van der Waals surface area contributed by atoms with Gasteiger partial charge in [-0.1, -0.05) is 59.6 Å². The SMILES string of the molecule is BrB(Br)Br.COC(=O)c1ccc(C2CC2c2ccc(O)cc2Cl)cc1.COC(=O)c1ccc(C2CC2c2ccc(OC)cc2Cl)cc1.II. The molecule has 260 valence electrons. The first-order valence-corrected chi connectivity index (χ1v) is 24.5. The summed E-state index contributed by atoms with van der Waals surface area (Å²) in [4.78, 5) is 22.9. The number of rotatable bonds is 7. The van der Waals surface area contributed by atoms with Crippen LogP contribution in [0.2, 0.25) is 10.0 Å². The van der Waals surface area contributed by atoms with Crippen LogP contribution in [0.25, 0.3) is 0 Å². The van der Waals surface area contributed by atoms with E-state index in [9.17, 15) is 14.7 Å². The number of hydrogen-bond donors (Lipinski definition) is 1. The second kappa shape index (κ2) is 20.9. The van der Waals surface area contributed by atoms with Crippen LogP contribution < -0.4 is 4.74 Å². The van der Waals surface area contributed by atoms with Crippen molar-refractivity contribution < 1.29 is 28.9 Å². The van der Waals surface area contributed by atoms with Gasteiger partial charge in [-0.25, -0.2) is 9.59 Å². The summed E-state index contributed by atoms with van der Waals surface area (Å²) in [5.41, 5.74) is 5.77. The van der Waals surface area contributed by atoms with Crippen molar-refractivity contribution in [3.05, 3.63) is 128 Å². The molecule has 0 amide bonds. The molecule has 2 aliphatic carbocycles. The van der Waals surface area contributed by atoms with Gasteiger partial charge in [0, 0.05) is 47.3 Å². The van der Waals surface area contributed by atoms with Crippen molar-refractivity contribution in [2.24, 2.45) is 0 Å². The van der Waals surface area contributed by atoms with E-state index in [4.69, 9.17) is 32.7 Å². The molecular formula is C35H32BBr3Cl2I2O6. The summed E-state index contributed by atoms with van der Waals surface area (Å²) in [6.07, 6.45) is 2.10. The zero-order valence-electron chi connectivity index (χ0n) is 26.5. The Morgan fingerprint density at radius 3 is 1.41 bits per heavy atom. The van der Waals surface area contributed by atoms with Gasteiger partial charge in [0.05, 0.1) is 32.5 Å². The molecule has 6 rings (SSSR count). The van der Waals surface area contributed by atoms with Gasteiger partial charge in [0.1, 0.15) is 11.5 Å². The van der Waals surface area contributed by atoms with E-state index in [1.807, 2.05) is 60.7 Å². The molecule has 0 aromatic heterocycles. The van der Waals surface area contributed by atoms with Crippen molar-refractivity contribution >= 4 is 123 Å². The highest BCUT2D eigenvalue weighted by atomic mass is 128. The second-order valence-electron chi connectivity index (χ2n) is 11.0. The first kappa shape index (κ1) is 42.4. The summed E-state index contributed by atoms with van der Waals surface area (Å²) in [6, 6.07) is 26.1. The number of phenols is 1. The van der Waals surface area contributed by atoms with Crippen molar-refractivity contribution in [3.8, 4) is 11.5 Å². The van der Waals surface area contributed by atoms with Crippen LogP contribution in [0.15, 0.2) is 84.9 Å². The molecular weight excluding hydrogens is 1090 g/mol. The lowest BCUT2D eigenvalue weighted by atomic mass is 10.0. The predicted molar refractivity (Wildman–Crippen MR) is 227 cm³/mol. The molecule has 4 aromatic rings. The minimum atomic E-state index is -0.324. The van der Waals surface area contributed by atoms with Gasteiger partial charge < -0.3 is 19.3 Å². The molecule has 2 fully saturated rings. The molecule has 2 saturated carbocycles. The summed E-state index contributed by atoms with van der Waals surface area (Å²) in [5, 5.41) is 10.8. The minimum Gasteiger partial charge on any atom is -0.508 e. The Morgan fingerprint density at radius 1 is 0.673 bits per heavy atom. The van der Waals surface area contributed by atoms with E-state index in [1.54, 1.807) is 31.4 Å². The van der Waals surface area contributed by atoms with Crippen LogP contribution in [0.5, 0.6) is 11.5 Å². The normalized spacial score (nSPS) is 18.1. The summed E-state index contributed by atoms with van der Waals surface area (Å²) in [5.74, 6) is 2.00. The Kier molecular flexibility index (Phi) is 18.0. The molecule has 6 nitrogen and oxygen atoms in total. The third kappa shape index (κ3) is 12.6. The van der Waals surface area contributed by atoms with Crippen molar-refractivity contribution in [1.82, 2.24) is 0 Å². The number of carbonyl (C=O) groups is 2. The zero-order chi connectivity index (χ0) is 36.2. The van der Waals surface area contributed by atoms with Gasteiger partial charge in [0.2, 0.25) is 0 Å². The standard InChI is InChI=1S/C18H17ClO3.C17H15ClO3.BBr3.I2/c1-21-13-7-8-14(17(19)9-13)16-10-15(16)11-3-5-12(6-4-11)18(20)22-2;1-21-17(20)11-4-2-10(3-5-11)14-9-15(14)13-7-6-12(19)8-16(13)18;2-1(3)4;1-2/h3-9,15-16H,10H2,1-2H3;2-8,14-15,19H,9H2,1H3;;. The molecule has 4 unspecified atom stereocenters. The highest BCUT2D eigenvalue weighted by molar-refractivity contribution is 15.0. The van der Waals surface area contributed by atoms with Crippen molar-refractivity contribution in [2.45, 2.75) is 36.5 Å². The first-order valence-electron chi connectivity index (χ1n) is 14.7. The summed E-state index contributed by atoms with van der Waals surface area (Å²) < 4.78 is 14.9. The number of benzene rings is 4. The molecule has 4 atom stereocenters. The molecule has 14 heteroatoms. The number of hydrogen-bond acceptors (Lipinski definition) is 6. The van der Waals surface area contributed by atoms with E-state index in [0.29, 0.717) is 39.8 Å². The average Bonchev–Trinajstić information content (AvgIpc) is 4.05. The number of halogens is 7. The third-order valence-electron chi connectivity index (χ3n) is 8.09. The Morgan fingerprint density at radius 2 is 1.06 bits per heavy atom. The van der Waals surface area contributed by atoms with E-state index >= 15 is 0 Å². The van der Waals surface area contributed by atoms with Crippen LogP contribution >= 0.6 is 108 Å². The fourth-order valence-electron chi connectivity index (χ4n) is 5.54. The number of phenolic OH excluding ortho intramolecular Hbond substituents is 1. The van der Waals surface area contributed by atoms with E-state index in [0.717, 1.165) is 34.7 Å². The largest absolute Gasteiger partial charge is 0.508 e. The summed E-state index contributed by atoms with van der Waals surface area (Å²) >= 11 is 26.1. The molecule has 2 aliphatic rings. The molecule has 0 heterocycles. The topological polar surface area (TPSA) is 82.1 Å². The van der Waals surface area contributed by atoms with Gasteiger partial charge >= 0.3 is 15.1 Å². The molecule has 4 aromatic carbocycles. The van der Waals surface area contributed by atoms with E-state index in [1.165, 1.54) is 25.3 Å². The van der Waals surface area contributed by atoms with Gasteiger partial charge in [-0.15, -0.1) is 47.3 Å². The maximum absolute atomic E-state index is 11.4. The number of ether oxygens (including phenoxy) is 3. The smallest absolute Gasteiger partial charge is 0.369 e. The Hall–Kier alpha value is -1.04. The van der Waals surface area contributed by atoms with Crippen molar-refractivity contribution in [3.63, 3.8) is 0 Å². The number of methoxy groups -OCH3 is 3. The maximum Gasteiger partial charge on any atom is 0.369 e. The Balaban J connectivity index is 0.000000229. The van der Waals surface area contributed by atoms with Gasteiger partial charge in [0.25, 0.3) is 0 Å². The van der Waals surface area contributed by atoms with Crippen molar-refractivity contribution in [1.29, 1.82) is 0 Å². The lowest BCUT2D eigenvalue weighted by Gasteiger charge is -2.07. The second-order valence-corrected chi connectivity index (χ2v) is 18.2. The van der Waals surface area contributed by atoms with Crippen LogP contribution in [0.3, 0.4) is 0 Å². The number of carbonyl (C=O) groups excluding carboxylic acids is 2. The van der Waals surface area contributed by atoms with E-state index < -0.39 is 0 Å². The predicted octanol–water partition coefficient (Wildman–Crippen LogP) is 12.4. The average molecular weight is 1120 g/mol. The highest BCUT2D eigenvalue weighted by Crippen LogP contribution is 2.57. The van der Waals surface area contributed by atoms with E-state index in [-0.39, 0.29) is 20.9 Å². The molecule has 49 heavy (non-hydrogen) atoms. The van der Waals surface area contributed by atoms with Crippen LogP contribution in [0.4, 0.5) is 0 Å². The molecule has 1 N–H and O–H groups in total. The molecule has 0 bridgehead atoms. The molecule has 0 spiro atoms. The summed E-state index contributed by atoms with van der Waals surface area (Å²) in [7, 11) is 4.40. The fraction of sp³-hybridized carbons (Fsp3) is 0.257. The maximum atomic E-state index is 11.4. The quantitative estimate of drug-likeness (QED) is 0.113. The van der Waals surface area contributed by atoms with Crippen LogP contribution in [0.1, 0.15) is 79.5 Å². The van der Waals surface area contributed by atoms with Crippen LogP contribution in [-0.4, -0.2) is 41.6 Å². The first-order chi connectivity index (χ1) is 23.5. The summed E-state index contributed by atoms with van der Waals surface area (Å²) in [6.45, 7) is 0. The minimum absolute atomic E-state index is 0.184. The lowest BCUT2D eigenvalue weighted by molar-refractivity contribution is 0.0592. The van der Waals surface area contributed by atoms with Crippen LogP contribution in [-0.2, 0) is 9.47 Å². The molecule has 0 saturated heterocycles. The molecule has 0 radical (unpaired) electrons. The van der Waals surface area contributed by atoms with Gasteiger partial charge in [-0.3, -0.25) is 0 Å². The molecule has 0 aliphatic heterocycles. The Labute approximate surface area is 345 Å². The monoisotopic (exact) mass is 1120 g/mol. The van der Waals surface area contributed by atoms with Gasteiger partial charge in [-0.05, 0) is 107 Å². The van der Waals surface area contributed by atoms with Gasteiger partial charge in [0.15, 0.2) is 0 Å². The third-order valence-corrected chi connectivity index (χ3v) is 8.75. The zero-order valence-corrected chi connectivity index (χ0v) is 37.1. The number of aromatic hydroxyl groups is 1.